The van der Waals surface area contributed by atoms with Crippen LogP contribution >= 0.6 is 0 Å². The van der Waals surface area contributed by atoms with Crippen LogP contribution in [0, 0.1) is 5.92 Å². The Balaban J connectivity index is 1.81. The van der Waals surface area contributed by atoms with Crippen LogP contribution in [0.15, 0.2) is 30.3 Å². The number of tetrazole rings is 1. The monoisotopic (exact) mass is 259 g/mol. The molecule has 0 aliphatic carbocycles. The molecule has 19 heavy (non-hydrogen) atoms. The minimum absolute atomic E-state index is 0.275. The van der Waals surface area contributed by atoms with Crippen LogP contribution in [-0.4, -0.2) is 45.0 Å². The average Bonchev–Trinajstić information content (AvgIpc) is 2.98. The molecule has 100 valence electrons. The maximum absolute atomic E-state index is 9.18. The van der Waals surface area contributed by atoms with Crippen molar-refractivity contribution in [2.75, 3.05) is 24.6 Å². The second-order valence-electron chi connectivity index (χ2n) is 4.84. The molecule has 2 heterocycles. The van der Waals surface area contributed by atoms with E-state index < -0.39 is 0 Å². The van der Waals surface area contributed by atoms with Crippen molar-refractivity contribution in [1.82, 2.24) is 20.2 Å². The Hall–Kier alpha value is -1.95. The molecule has 0 saturated carbocycles. The Bertz CT molecular complexity index is 519. The molecule has 6 nitrogen and oxygen atoms in total. The molecule has 1 aromatic carbocycles. The Morgan fingerprint density at radius 1 is 1.16 bits per heavy atom. The zero-order valence-corrected chi connectivity index (χ0v) is 10.7. The number of rotatable bonds is 3. The van der Waals surface area contributed by atoms with Gasteiger partial charge in [0, 0.05) is 19.7 Å². The van der Waals surface area contributed by atoms with Gasteiger partial charge in [-0.25, -0.2) is 0 Å². The smallest absolute Gasteiger partial charge is 0.250 e. The lowest BCUT2D eigenvalue weighted by molar-refractivity contribution is 0.202. The van der Waals surface area contributed by atoms with E-state index in [4.69, 9.17) is 0 Å². The van der Waals surface area contributed by atoms with Gasteiger partial charge >= 0.3 is 0 Å². The van der Waals surface area contributed by atoms with Crippen LogP contribution in [0.5, 0.6) is 0 Å². The summed E-state index contributed by atoms with van der Waals surface area (Å²) < 4.78 is 1.76. The highest BCUT2D eigenvalue weighted by molar-refractivity contribution is 5.40. The van der Waals surface area contributed by atoms with Crippen molar-refractivity contribution in [3.63, 3.8) is 0 Å². The summed E-state index contributed by atoms with van der Waals surface area (Å²) in [5, 5.41) is 21.2. The first-order chi connectivity index (χ1) is 9.38. The molecule has 3 rings (SSSR count). The largest absolute Gasteiger partial charge is 0.396 e. The molecule has 0 amide bonds. The first-order valence-electron chi connectivity index (χ1n) is 6.58. The van der Waals surface area contributed by atoms with Gasteiger partial charge in [-0.05, 0) is 41.3 Å². The van der Waals surface area contributed by atoms with Gasteiger partial charge in [0.25, 0.3) is 0 Å². The van der Waals surface area contributed by atoms with Crippen molar-refractivity contribution < 1.29 is 5.11 Å². The van der Waals surface area contributed by atoms with Crippen molar-refractivity contribution >= 4 is 5.95 Å². The number of piperidine rings is 1. The molecule has 1 saturated heterocycles. The zero-order valence-electron chi connectivity index (χ0n) is 10.7. The number of aromatic nitrogens is 4. The van der Waals surface area contributed by atoms with Crippen LogP contribution in [0.2, 0.25) is 0 Å². The summed E-state index contributed by atoms with van der Waals surface area (Å²) in [4.78, 5) is 2.18. The number of benzene rings is 1. The van der Waals surface area contributed by atoms with Crippen molar-refractivity contribution in [2.45, 2.75) is 12.8 Å². The highest BCUT2D eigenvalue weighted by atomic mass is 16.3. The molecule has 1 aromatic heterocycles. The van der Waals surface area contributed by atoms with Gasteiger partial charge in [0.15, 0.2) is 0 Å². The van der Waals surface area contributed by atoms with Crippen LogP contribution < -0.4 is 4.90 Å². The molecule has 0 atom stereocenters. The topological polar surface area (TPSA) is 67.1 Å². The van der Waals surface area contributed by atoms with Gasteiger partial charge in [-0.3, -0.25) is 0 Å². The van der Waals surface area contributed by atoms with Crippen LogP contribution in [0.25, 0.3) is 5.69 Å². The van der Waals surface area contributed by atoms with Crippen LogP contribution in [0.4, 0.5) is 5.95 Å². The Morgan fingerprint density at radius 2 is 1.89 bits per heavy atom. The highest BCUT2D eigenvalue weighted by Gasteiger charge is 2.23. The Labute approximate surface area is 111 Å². The van der Waals surface area contributed by atoms with E-state index in [2.05, 4.69) is 20.4 Å². The zero-order chi connectivity index (χ0) is 13.1. The third kappa shape index (κ3) is 2.44. The number of hydrogen-bond acceptors (Lipinski definition) is 5. The predicted molar refractivity (Wildman–Crippen MR) is 71.2 cm³/mol. The highest BCUT2D eigenvalue weighted by Crippen LogP contribution is 2.22. The summed E-state index contributed by atoms with van der Waals surface area (Å²) in [6, 6.07) is 9.89. The third-order valence-electron chi connectivity index (χ3n) is 3.61. The first-order valence-corrected chi connectivity index (χ1v) is 6.58. The summed E-state index contributed by atoms with van der Waals surface area (Å²) in [6.07, 6.45) is 1.97. The minimum Gasteiger partial charge on any atom is -0.396 e. The Kier molecular flexibility index (Phi) is 3.41. The fourth-order valence-electron chi connectivity index (χ4n) is 2.43. The number of hydrogen-bond donors (Lipinski definition) is 1. The minimum atomic E-state index is 0.275. The van der Waals surface area contributed by atoms with E-state index in [1.54, 1.807) is 4.68 Å². The number of nitrogens with zero attached hydrogens (tertiary/aromatic N) is 5. The molecule has 1 aliphatic heterocycles. The van der Waals surface area contributed by atoms with Crippen molar-refractivity contribution in [1.29, 1.82) is 0 Å². The number of para-hydroxylation sites is 1. The average molecular weight is 259 g/mol. The van der Waals surface area contributed by atoms with E-state index >= 15 is 0 Å². The summed E-state index contributed by atoms with van der Waals surface area (Å²) >= 11 is 0. The van der Waals surface area contributed by atoms with Crippen molar-refractivity contribution in [2.24, 2.45) is 5.92 Å². The number of aliphatic hydroxyl groups is 1. The van der Waals surface area contributed by atoms with E-state index in [0.29, 0.717) is 5.92 Å². The molecule has 1 N–H and O–H groups in total. The van der Waals surface area contributed by atoms with Gasteiger partial charge in [0.05, 0.1) is 5.69 Å². The molecule has 0 spiro atoms. The molecule has 0 radical (unpaired) electrons. The second kappa shape index (κ2) is 5.36. The second-order valence-corrected chi connectivity index (χ2v) is 4.84. The van der Waals surface area contributed by atoms with E-state index in [1.165, 1.54) is 0 Å². The maximum Gasteiger partial charge on any atom is 0.250 e. The van der Waals surface area contributed by atoms with E-state index in [0.717, 1.165) is 37.6 Å². The lowest BCUT2D eigenvalue weighted by Gasteiger charge is -2.31. The fourth-order valence-corrected chi connectivity index (χ4v) is 2.43. The molecule has 1 aliphatic rings. The molecular formula is C13H17N5O. The quantitative estimate of drug-likeness (QED) is 0.886. The van der Waals surface area contributed by atoms with Crippen LogP contribution in [-0.2, 0) is 0 Å². The van der Waals surface area contributed by atoms with Crippen molar-refractivity contribution in [3.05, 3.63) is 30.3 Å². The maximum atomic E-state index is 9.18. The SMILES string of the molecule is OCC1CCN(c2nnnn2-c2ccccc2)CC1. The van der Waals surface area contributed by atoms with Gasteiger partial charge in [-0.2, -0.15) is 4.68 Å². The number of anilines is 1. The summed E-state index contributed by atoms with van der Waals surface area (Å²) in [5.41, 5.74) is 0.965. The third-order valence-corrected chi connectivity index (χ3v) is 3.61. The normalized spacial score (nSPS) is 16.8. The molecule has 6 heteroatoms. The van der Waals surface area contributed by atoms with E-state index in [9.17, 15) is 5.11 Å². The molecule has 1 fully saturated rings. The van der Waals surface area contributed by atoms with Gasteiger partial charge in [-0.1, -0.05) is 23.3 Å². The fraction of sp³-hybridized carbons (Fsp3) is 0.462. The summed E-state index contributed by atoms with van der Waals surface area (Å²) in [6.45, 7) is 2.05. The lowest BCUT2D eigenvalue weighted by Crippen LogP contribution is -2.36. The van der Waals surface area contributed by atoms with Gasteiger partial charge in [0.2, 0.25) is 5.95 Å². The molecule has 0 bridgehead atoms. The summed E-state index contributed by atoms with van der Waals surface area (Å²) in [5.74, 6) is 1.19. The van der Waals surface area contributed by atoms with Gasteiger partial charge < -0.3 is 10.0 Å². The molecule has 2 aromatic rings. The van der Waals surface area contributed by atoms with Crippen LogP contribution in [0.3, 0.4) is 0 Å². The van der Waals surface area contributed by atoms with E-state index in [1.807, 2.05) is 30.3 Å². The lowest BCUT2D eigenvalue weighted by atomic mass is 9.98. The first kappa shape index (κ1) is 12.1. The van der Waals surface area contributed by atoms with Crippen molar-refractivity contribution in [3.8, 4) is 5.69 Å². The molecular weight excluding hydrogens is 242 g/mol. The standard InChI is InChI=1S/C13H17N5O/c19-10-11-6-8-17(9-7-11)13-14-15-16-18(13)12-4-2-1-3-5-12/h1-5,11,19H,6-10H2. The van der Waals surface area contributed by atoms with Gasteiger partial charge in [0.1, 0.15) is 0 Å². The number of aliphatic hydroxyl groups excluding tert-OH is 1. The Morgan fingerprint density at radius 3 is 2.58 bits per heavy atom. The van der Waals surface area contributed by atoms with Crippen LogP contribution in [0.1, 0.15) is 12.8 Å². The summed E-state index contributed by atoms with van der Waals surface area (Å²) in [7, 11) is 0. The predicted octanol–water partition coefficient (Wildman–Crippen LogP) is 0.871. The molecule has 0 unspecified atom stereocenters. The van der Waals surface area contributed by atoms with E-state index in [-0.39, 0.29) is 6.61 Å². The van der Waals surface area contributed by atoms with Gasteiger partial charge in [-0.15, -0.1) is 0 Å².